The summed E-state index contributed by atoms with van der Waals surface area (Å²) >= 11 is 19.2. The average Bonchev–Trinajstić information content (AvgIpc) is 2.88. The molecule has 1 radical (unpaired) electrons. The van der Waals surface area contributed by atoms with Crippen LogP contribution in [-0.4, -0.2) is 71.5 Å². The van der Waals surface area contributed by atoms with Gasteiger partial charge in [-0.1, -0.05) is 49.0 Å². The van der Waals surface area contributed by atoms with E-state index in [4.69, 9.17) is 10.5 Å². The third kappa shape index (κ3) is 33.9. The van der Waals surface area contributed by atoms with Gasteiger partial charge in [-0.3, -0.25) is 14.4 Å². The maximum absolute atomic E-state index is 12.0. The Morgan fingerprint density at radius 1 is 0.950 bits per heavy atom. The molecular weight excluding hydrogens is 984 g/mol. The Morgan fingerprint density at radius 3 is 1.77 bits per heavy atom. The van der Waals surface area contributed by atoms with E-state index in [1.165, 1.54) is 11.8 Å². The van der Waals surface area contributed by atoms with Crippen LogP contribution in [0.1, 0.15) is 68.7 Å². The first-order valence-electron chi connectivity index (χ1n) is 12.2. The number of esters is 1. The van der Waals surface area contributed by atoms with Crippen molar-refractivity contribution in [1.29, 1.82) is 0 Å². The van der Waals surface area contributed by atoms with Crippen LogP contribution >= 0.6 is 97.4 Å². The molecule has 0 aromatic carbocycles. The predicted octanol–water partition coefficient (Wildman–Crippen LogP) is 7.12. The topological polar surface area (TPSA) is 98.5 Å². The summed E-state index contributed by atoms with van der Waals surface area (Å²) in [6.07, 6.45) is 1.47. The third-order valence-electron chi connectivity index (χ3n) is 5.27. The number of nitrogens with one attached hydrogen (secondary N) is 1. The van der Waals surface area contributed by atoms with Gasteiger partial charge in [-0.05, 0) is 43.9 Å². The first kappa shape index (κ1) is 58.5. The maximum atomic E-state index is 12.0. The molecule has 0 unspecified atom stereocenters. The van der Waals surface area contributed by atoms with Crippen LogP contribution in [0.3, 0.4) is 0 Å². The van der Waals surface area contributed by atoms with E-state index < -0.39 is 0 Å². The van der Waals surface area contributed by atoms with Gasteiger partial charge in [0.2, 0.25) is 0 Å². The Balaban J connectivity index is -0.0000000930. The number of thiol groups is 1. The van der Waals surface area contributed by atoms with Gasteiger partial charge >= 0.3 is 5.97 Å². The van der Waals surface area contributed by atoms with Gasteiger partial charge in [-0.2, -0.15) is 36.2 Å². The summed E-state index contributed by atoms with van der Waals surface area (Å²) in [6, 6.07) is -0.516. The van der Waals surface area contributed by atoms with Gasteiger partial charge in [0.1, 0.15) is 0 Å². The number of likely N-dealkylation sites (N-methyl/N-ethyl adjacent to an activating group) is 1. The quantitative estimate of drug-likeness (QED) is 0.0606. The van der Waals surface area contributed by atoms with Crippen molar-refractivity contribution in [2.45, 2.75) is 86.1 Å². The van der Waals surface area contributed by atoms with Gasteiger partial charge in [0.15, 0.2) is 11.6 Å². The molecule has 0 saturated heterocycles. The third-order valence-corrected chi connectivity index (χ3v) is 8.33. The molecule has 3 N–H and O–H groups in total. The van der Waals surface area contributed by atoms with Crippen LogP contribution in [0.5, 0.6) is 0 Å². The molecule has 40 heavy (non-hydrogen) atoms. The SMILES string of the molecule is C.CCCSCC(=O)[C@@H](N)[C@H](C)C(C)C.CCOC(=O)CCSCC(=O)[C@@H](NC)[C@H](S)C(C)C.I.II.S=S.[V]. The fraction of sp³-hybridized carbons (Fsp3) is 0.880. The zero-order chi connectivity index (χ0) is 30.0. The first-order valence-corrected chi connectivity index (χ1v) is 22.7. The molecule has 0 spiro atoms. The number of halogens is 3. The van der Waals surface area contributed by atoms with E-state index >= 15 is 0 Å². The molecule has 0 rings (SSSR count). The zero-order valence-electron chi connectivity index (χ0n) is 24.3. The number of thioether (sulfide) groups is 2. The second-order valence-corrected chi connectivity index (χ2v) is 11.5. The van der Waals surface area contributed by atoms with Crippen molar-refractivity contribution < 1.29 is 37.7 Å². The molecule has 0 aliphatic carbocycles. The Bertz CT molecular complexity index is 591. The number of hydrogen-bond donors (Lipinski definition) is 3. The van der Waals surface area contributed by atoms with Crippen LogP contribution in [0.15, 0.2) is 0 Å². The van der Waals surface area contributed by atoms with Crippen molar-refractivity contribution in [2.24, 2.45) is 23.5 Å². The molecule has 0 heterocycles. The van der Waals surface area contributed by atoms with Crippen molar-refractivity contribution in [2.75, 3.05) is 36.7 Å². The molecule has 0 aromatic heterocycles. The van der Waals surface area contributed by atoms with E-state index in [9.17, 15) is 14.4 Å². The minimum absolute atomic E-state index is 0. The van der Waals surface area contributed by atoms with Gasteiger partial charge in [-0.25, -0.2) is 0 Å². The Hall–Kier alpha value is 2.99. The molecule has 15 heteroatoms. The summed E-state index contributed by atoms with van der Waals surface area (Å²) in [7, 11) is 1.78. The van der Waals surface area contributed by atoms with Gasteiger partial charge in [0.25, 0.3) is 0 Å². The van der Waals surface area contributed by atoms with Crippen molar-refractivity contribution in [1.82, 2.24) is 5.32 Å². The number of ketones is 2. The summed E-state index contributed by atoms with van der Waals surface area (Å²) in [5.74, 6) is 3.84. The van der Waals surface area contributed by atoms with Crippen LogP contribution < -0.4 is 11.1 Å². The molecule has 243 valence electrons. The summed E-state index contributed by atoms with van der Waals surface area (Å²) in [5, 5.41) is 3.02. The number of carbonyl (C=O) groups excluding carboxylic acids is 3. The maximum Gasteiger partial charge on any atom is 0.306 e. The Labute approximate surface area is 322 Å². The molecule has 0 fully saturated rings. The fourth-order valence-electron chi connectivity index (χ4n) is 2.68. The summed E-state index contributed by atoms with van der Waals surface area (Å²) in [5.41, 5.74) is 5.88. The predicted molar refractivity (Wildman–Crippen MR) is 214 cm³/mol. The van der Waals surface area contributed by atoms with E-state index in [2.05, 4.69) is 105 Å². The van der Waals surface area contributed by atoms with Crippen molar-refractivity contribution in [3.63, 3.8) is 0 Å². The van der Waals surface area contributed by atoms with Crippen LogP contribution in [0.2, 0.25) is 0 Å². The molecule has 0 bridgehead atoms. The first-order chi connectivity index (χ1) is 17.4. The van der Waals surface area contributed by atoms with Crippen LogP contribution in [-0.2, 0) is 60.1 Å². The van der Waals surface area contributed by atoms with E-state index in [1.807, 2.05) is 13.8 Å². The largest absolute Gasteiger partial charge is 0.466 e. The van der Waals surface area contributed by atoms with Gasteiger partial charge < -0.3 is 15.8 Å². The monoisotopic (exact) mass is 1040 g/mol. The van der Waals surface area contributed by atoms with E-state index in [0.717, 1.165) is 12.2 Å². The summed E-state index contributed by atoms with van der Waals surface area (Å²) < 4.78 is 4.83. The molecular formula is C25H53I3N2O4S5V. The number of nitrogens with two attached hydrogens (primary N) is 1. The minimum Gasteiger partial charge on any atom is -0.466 e. The standard InChI is InChI=1S/C13H25NO3S2.C11H23NOS.CH4.I2.HI.S2.V/c1-5-17-11(16)6-7-19-8-10(15)12(14-4)13(18)9(2)3;1-5-6-14-7-10(13)11(12)9(4)8(2)3;;1-2;;1-2;/h9,12-14,18H,5-8H2,1-4H3;8-9,11H,5-7,12H2,1-4H3;1H4;;1H;;/t12-,13-;9-,11+;;;;;/m11...../s1. The zero-order valence-corrected chi connectivity index (χ0v) is 36.5. The Morgan fingerprint density at radius 2 is 1.40 bits per heavy atom. The van der Waals surface area contributed by atoms with Crippen LogP contribution in [0.25, 0.3) is 0 Å². The number of hydrogen-bond acceptors (Lipinski definition) is 11. The molecule has 4 atom stereocenters. The minimum atomic E-state index is -0.278. The smallest absolute Gasteiger partial charge is 0.306 e. The van der Waals surface area contributed by atoms with E-state index in [-0.39, 0.29) is 90.7 Å². The normalized spacial score (nSPS) is 12.4. The van der Waals surface area contributed by atoms with E-state index in [0.29, 0.717) is 42.1 Å². The van der Waals surface area contributed by atoms with Crippen molar-refractivity contribution in [3.8, 4) is 0 Å². The van der Waals surface area contributed by atoms with E-state index in [1.54, 1.807) is 25.7 Å². The Kier molecular flexibility index (Phi) is 61.4. The number of rotatable bonds is 17. The average molecular weight is 1040 g/mol. The summed E-state index contributed by atoms with van der Waals surface area (Å²) in [6.45, 7) is 14.7. The van der Waals surface area contributed by atoms with Gasteiger partial charge in [0, 0.05) is 89.2 Å². The molecule has 0 aliphatic rings. The molecule has 0 aliphatic heterocycles. The molecule has 0 amide bonds. The molecule has 0 aromatic rings. The summed E-state index contributed by atoms with van der Waals surface area (Å²) in [4.78, 5) is 34.8. The fourth-order valence-corrected chi connectivity index (χ4v) is 4.66. The second-order valence-electron chi connectivity index (χ2n) is 8.72. The molecule has 0 saturated carbocycles. The van der Waals surface area contributed by atoms with Gasteiger partial charge in [0.05, 0.1) is 36.6 Å². The van der Waals surface area contributed by atoms with Crippen molar-refractivity contribution in [3.05, 3.63) is 0 Å². The second kappa shape index (κ2) is 42.0. The van der Waals surface area contributed by atoms with Crippen molar-refractivity contribution >= 4 is 137 Å². The number of ether oxygens (including phenoxy) is 1. The van der Waals surface area contributed by atoms with Gasteiger partial charge in [-0.15, -0.1) is 24.0 Å². The molecule has 6 nitrogen and oxygen atoms in total. The van der Waals surface area contributed by atoms with Crippen LogP contribution in [0.4, 0.5) is 0 Å². The number of Topliss-reactive ketones (excluding diaryl/α,β-unsaturated/α-hetero) is 2. The number of carbonyl (C=O) groups is 3. The van der Waals surface area contributed by atoms with Crippen LogP contribution in [0, 0.1) is 17.8 Å².